The van der Waals surface area contributed by atoms with Crippen LogP contribution >= 0.6 is 11.8 Å². The van der Waals surface area contributed by atoms with Gasteiger partial charge in [0.25, 0.3) is 0 Å². The predicted molar refractivity (Wildman–Crippen MR) is 102 cm³/mol. The third-order valence-electron chi connectivity index (χ3n) is 3.86. The molecule has 1 atom stereocenters. The lowest BCUT2D eigenvalue weighted by atomic mass is 10.1. The van der Waals surface area contributed by atoms with Crippen LogP contribution in [0.4, 0.5) is 10.5 Å². The number of nitrogens with one attached hydrogen (secondary N) is 2. The van der Waals surface area contributed by atoms with Crippen molar-refractivity contribution >= 4 is 35.3 Å². The molecule has 4 amide bonds. The van der Waals surface area contributed by atoms with E-state index in [1.54, 1.807) is 11.8 Å². The molecule has 0 spiro atoms. The number of nitrogens with two attached hydrogens (primary N) is 1. The number of rotatable bonds is 8. The Bertz CT molecular complexity index is 636. The molecule has 0 fully saturated rings. The quantitative estimate of drug-likeness (QED) is 0.648. The number of hydrogen-bond acceptors (Lipinski definition) is 4. The summed E-state index contributed by atoms with van der Waals surface area (Å²) >= 11 is 1.56. The molecule has 0 aromatic heterocycles. The van der Waals surface area contributed by atoms with Gasteiger partial charge in [-0.1, -0.05) is 12.1 Å². The van der Waals surface area contributed by atoms with Crippen molar-refractivity contribution in [1.29, 1.82) is 0 Å². The van der Waals surface area contributed by atoms with Gasteiger partial charge >= 0.3 is 6.03 Å². The van der Waals surface area contributed by atoms with Crippen molar-refractivity contribution in [1.82, 2.24) is 10.2 Å². The van der Waals surface area contributed by atoms with E-state index >= 15 is 0 Å². The minimum atomic E-state index is -0.757. The summed E-state index contributed by atoms with van der Waals surface area (Å²) in [6.07, 6.45) is 2.36. The Morgan fingerprint density at radius 2 is 1.96 bits per heavy atom. The van der Waals surface area contributed by atoms with E-state index in [2.05, 4.69) is 10.6 Å². The number of hydrogen-bond donors (Lipinski definition) is 3. The molecule has 0 aliphatic rings. The summed E-state index contributed by atoms with van der Waals surface area (Å²) in [5, 5.41) is 5.25. The van der Waals surface area contributed by atoms with Crippen LogP contribution < -0.4 is 16.4 Å². The largest absolute Gasteiger partial charge is 0.352 e. The molecule has 0 radical (unpaired) electrons. The second-order valence-electron chi connectivity index (χ2n) is 5.83. The fraction of sp³-hybridized carbons (Fsp3) is 0.471. The van der Waals surface area contributed by atoms with Crippen LogP contribution in [-0.2, 0) is 9.59 Å². The molecule has 0 bridgehead atoms. The third kappa shape index (κ3) is 6.66. The molecule has 1 aromatic carbocycles. The Balaban J connectivity index is 2.69. The van der Waals surface area contributed by atoms with Gasteiger partial charge in [0.05, 0.1) is 6.54 Å². The Labute approximate surface area is 152 Å². The van der Waals surface area contributed by atoms with E-state index in [4.69, 9.17) is 5.73 Å². The van der Waals surface area contributed by atoms with Crippen LogP contribution in [0.5, 0.6) is 0 Å². The van der Waals surface area contributed by atoms with Crippen LogP contribution in [-0.4, -0.2) is 54.4 Å². The number of thioether (sulfide) groups is 1. The minimum Gasteiger partial charge on any atom is -0.352 e. The van der Waals surface area contributed by atoms with Crippen LogP contribution in [0.25, 0.3) is 0 Å². The molecule has 0 heterocycles. The number of aryl methyl sites for hydroxylation is 1. The number of nitrogens with zero attached hydrogens (tertiary/aromatic N) is 1. The van der Waals surface area contributed by atoms with Gasteiger partial charge in [-0.3, -0.25) is 9.59 Å². The Morgan fingerprint density at radius 3 is 2.56 bits per heavy atom. The predicted octanol–water partition coefficient (Wildman–Crippen LogP) is 1.49. The lowest BCUT2D eigenvalue weighted by Gasteiger charge is -2.23. The van der Waals surface area contributed by atoms with Gasteiger partial charge in [0, 0.05) is 12.7 Å². The number of anilines is 1. The van der Waals surface area contributed by atoms with Crippen LogP contribution in [0, 0.1) is 13.8 Å². The molecule has 0 saturated heterocycles. The minimum absolute atomic E-state index is 0.109. The Hall–Kier alpha value is -2.22. The lowest BCUT2D eigenvalue weighted by Crippen LogP contribution is -2.50. The summed E-state index contributed by atoms with van der Waals surface area (Å²) < 4.78 is 0. The van der Waals surface area contributed by atoms with Gasteiger partial charge in [0.1, 0.15) is 6.04 Å². The summed E-state index contributed by atoms with van der Waals surface area (Å²) in [4.78, 5) is 37.1. The molecule has 0 aliphatic carbocycles. The molecule has 7 nitrogen and oxygen atoms in total. The number of carbonyl (C=O) groups is 3. The van der Waals surface area contributed by atoms with E-state index < -0.39 is 12.1 Å². The first kappa shape index (κ1) is 20.8. The molecule has 1 aromatic rings. The zero-order valence-corrected chi connectivity index (χ0v) is 15.9. The van der Waals surface area contributed by atoms with Gasteiger partial charge in [-0.05, 0) is 49.5 Å². The SMILES string of the molecule is CSCC[C@@H](NC(N)=O)C(=O)N(C)CC(=O)Nc1cccc(C)c1C. The van der Waals surface area contributed by atoms with Crippen molar-refractivity contribution in [2.45, 2.75) is 26.3 Å². The number of carbonyl (C=O) groups excluding carboxylic acids is 3. The molecule has 0 unspecified atom stereocenters. The zero-order chi connectivity index (χ0) is 19.0. The van der Waals surface area contributed by atoms with Crippen molar-refractivity contribution < 1.29 is 14.4 Å². The van der Waals surface area contributed by atoms with Crippen molar-refractivity contribution in [3.63, 3.8) is 0 Å². The van der Waals surface area contributed by atoms with E-state index in [-0.39, 0.29) is 18.4 Å². The highest BCUT2D eigenvalue weighted by molar-refractivity contribution is 7.98. The van der Waals surface area contributed by atoms with Crippen LogP contribution in [0.3, 0.4) is 0 Å². The lowest BCUT2D eigenvalue weighted by molar-refractivity contribution is -0.135. The second-order valence-corrected chi connectivity index (χ2v) is 6.82. The summed E-state index contributed by atoms with van der Waals surface area (Å²) in [6.45, 7) is 3.78. The summed E-state index contributed by atoms with van der Waals surface area (Å²) in [7, 11) is 1.53. The fourth-order valence-corrected chi connectivity index (χ4v) is 2.77. The molecular weight excluding hydrogens is 340 g/mol. The average molecular weight is 366 g/mol. The van der Waals surface area contributed by atoms with Gasteiger partial charge in [-0.15, -0.1) is 0 Å². The second kappa shape index (κ2) is 9.93. The number of amides is 4. The Morgan fingerprint density at radius 1 is 1.28 bits per heavy atom. The van der Waals surface area contributed by atoms with E-state index in [1.165, 1.54) is 11.9 Å². The first-order chi connectivity index (χ1) is 11.8. The third-order valence-corrected chi connectivity index (χ3v) is 4.50. The molecule has 1 rings (SSSR count). The van der Waals surface area contributed by atoms with Gasteiger partial charge in [0.2, 0.25) is 11.8 Å². The number of primary amides is 1. The molecule has 25 heavy (non-hydrogen) atoms. The van der Waals surface area contributed by atoms with E-state index in [1.807, 2.05) is 38.3 Å². The normalized spacial score (nSPS) is 11.5. The maximum atomic E-state index is 12.5. The molecule has 0 saturated carbocycles. The highest BCUT2D eigenvalue weighted by atomic mass is 32.2. The number of urea groups is 1. The smallest absolute Gasteiger partial charge is 0.312 e. The van der Waals surface area contributed by atoms with Crippen LogP contribution in [0.2, 0.25) is 0 Å². The molecule has 8 heteroatoms. The van der Waals surface area contributed by atoms with E-state index in [0.29, 0.717) is 12.2 Å². The highest BCUT2D eigenvalue weighted by Crippen LogP contribution is 2.17. The van der Waals surface area contributed by atoms with Gasteiger partial charge in [-0.2, -0.15) is 11.8 Å². The summed E-state index contributed by atoms with van der Waals surface area (Å²) in [5.74, 6) is 0.0513. The van der Waals surface area contributed by atoms with Crippen molar-refractivity contribution in [3.8, 4) is 0 Å². The van der Waals surface area contributed by atoms with Crippen LogP contribution in [0.15, 0.2) is 18.2 Å². The standard InChI is InChI=1S/C17H26N4O3S/c1-11-6-5-7-13(12(11)2)19-15(22)10-21(3)16(23)14(8-9-25-4)20-17(18)24/h5-7,14H,8-10H2,1-4H3,(H,19,22)(H3,18,20,24)/t14-/m1/s1. The van der Waals surface area contributed by atoms with Crippen molar-refractivity contribution in [2.75, 3.05) is 30.9 Å². The topological polar surface area (TPSA) is 105 Å². The molecule has 138 valence electrons. The first-order valence-corrected chi connectivity index (χ1v) is 9.31. The number of likely N-dealkylation sites (N-methyl/N-ethyl adjacent to an activating group) is 1. The van der Waals surface area contributed by atoms with E-state index in [9.17, 15) is 14.4 Å². The van der Waals surface area contributed by atoms with Gasteiger partial charge in [0.15, 0.2) is 0 Å². The van der Waals surface area contributed by atoms with Crippen molar-refractivity contribution in [3.05, 3.63) is 29.3 Å². The van der Waals surface area contributed by atoms with E-state index in [0.717, 1.165) is 16.8 Å². The highest BCUT2D eigenvalue weighted by Gasteiger charge is 2.24. The van der Waals surface area contributed by atoms with Gasteiger partial charge in [-0.25, -0.2) is 4.79 Å². The van der Waals surface area contributed by atoms with Crippen molar-refractivity contribution in [2.24, 2.45) is 5.73 Å². The maximum absolute atomic E-state index is 12.5. The Kier molecular flexibility index (Phi) is 8.27. The summed E-state index contributed by atoms with van der Waals surface area (Å²) in [6, 6.07) is 4.16. The summed E-state index contributed by atoms with van der Waals surface area (Å²) in [5.41, 5.74) is 7.91. The number of benzene rings is 1. The monoisotopic (exact) mass is 366 g/mol. The van der Waals surface area contributed by atoms with Gasteiger partial charge < -0.3 is 21.3 Å². The molecular formula is C17H26N4O3S. The molecule has 4 N–H and O–H groups in total. The zero-order valence-electron chi connectivity index (χ0n) is 15.1. The van der Waals surface area contributed by atoms with Crippen LogP contribution in [0.1, 0.15) is 17.5 Å². The first-order valence-electron chi connectivity index (χ1n) is 7.92. The fourth-order valence-electron chi connectivity index (χ4n) is 2.30. The molecule has 0 aliphatic heterocycles. The maximum Gasteiger partial charge on any atom is 0.312 e. The average Bonchev–Trinajstić information content (AvgIpc) is 2.54.